The Balaban J connectivity index is 2.74. The van der Waals surface area contributed by atoms with Crippen molar-refractivity contribution in [3.8, 4) is 17.2 Å². The van der Waals surface area contributed by atoms with Crippen molar-refractivity contribution in [3.05, 3.63) is 18.2 Å². The fourth-order valence-corrected chi connectivity index (χ4v) is 1.14. The molecule has 0 aliphatic rings. The maximum atomic E-state index is 11.9. The zero-order valence-electron chi connectivity index (χ0n) is 9.04. The Morgan fingerprint density at radius 3 is 1.69 bits per heavy atom. The number of rotatable bonds is 7. The first-order valence-corrected chi connectivity index (χ1v) is 4.86. The van der Waals surface area contributed by atoms with Crippen LogP contribution in [0.1, 0.15) is 0 Å². The second-order valence-electron chi connectivity index (χ2n) is 2.92. The lowest BCUT2D eigenvalue weighted by molar-refractivity contribution is 0.259. The van der Waals surface area contributed by atoms with Crippen LogP contribution in [0.25, 0.3) is 0 Å². The topological polar surface area (TPSA) is 27.7 Å². The van der Waals surface area contributed by atoms with E-state index in [2.05, 4.69) is 0 Å². The van der Waals surface area contributed by atoms with Crippen molar-refractivity contribution >= 4 is 0 Å². The SMILES string of the molecule is COc1cc(OCCF)cc(OCCF)c1. The minimum absolute atomic E-state index is 0.0320. The molecule has 5 heteroatoms. The van der Waals surface area contributed by atoms with Crippen LogP contribution >= 0.6 is 0 Å². The van der Waals surface area contributed by atoms with E-state index in [1.807, 2.05) is 0 Å². The fourth-order valence-electron chi connectivity index (χ4n) is 1.14. The van der Waals surface area contributed by atoms with E-state index >= 15 is 0 Å². The maximum absolute atomic E-state index is 11.9. The van der Waals surface area contributed by atoms with Gasteiger partial charge in [0.2, 0.25) is 0 Å². The van der Waals surface area contributed by atoms with Gasteiger partial charge in [0, 0.05) is 18.2 Å². The van der Waals surface area contributed by atoms with Crippen molar-refractivity contribution in [3.63, 3.8) is 0 Å². The van der Waals surface area contributed by atoms with Gasteiger partial charge in [0.05, 0.1) is 7.11 Å². The minimum Gasteiger partial charge on any atom is -0.496 e. The van der Waals surface area contributed by atoms with Gasteiger partial charge in [-0.25, -0.2) is 8.78 Å². The predicted molar refractivity (Wildman–Crippen MR) is 55.9 cm³/mol. The molecule has 0 saturated heterocycles. The van der Waals surface area contributed by atoms with Crippen molar-refractivity contribution in [1.82, 2.24) is 0 Å². The van der Waals surface area contributed by atoms with E-state index in [9.17, 15) is 8.78 Å². The summed E-state index contributed by atoms with van der Waals surface area (Å²) in [7, 11) is 1.49. The number of methoxy groups -OCH3 is 1. The summed E-state index contributed by atoms with van der Waals surface area (Å²) in [6.07, 6.45) is 0. The molecule has 0 radical (unpaired) electrons. The summed E-state index contributed by atoms with van der Waals surface area (Å²) in [6, 6.07) is 4.78. The normalized spacial score (nSPS) is 9.94. The highest BCUT2D eigenvalue weighted by Crippen LogP contribution is 2.27. The van der Waals surface area contributed by atoms with Gasteiger partial charge in [-0.2, -0.15) is 0 Å². The smallest absolute Gasteiger partial charge is 0.126 e. The minimum atomic E-state index is -0.572. The van der Waals surface area contributed by atoms with Crippen LogP contribution in [0.15, 0.2) is 18.2 Å². The van der Waals surface area contributed by atoms with Crippen LogP contribution in [-0.4, -0.2) is 33.7 Å². The van der Waals surface area contributed by atoms with Gasteiger partial charge >= 0.3 is 0 Å². The molecule has 3 nitrogen and oxygen atoms in total. The molecule has 0 spiro atoms. The second-order valence-corrected chi connectivity index (χ2v) is 2.92. The average molecular weight is 232 g/mol. The van der Waals surface area contributed by atoms with Crippen LogP contribution in [0.3, 0.4) is 0 Å². The average Bonchev–Trinajstić information content (AvgIpc) is 2.33. The molecule has 1 rings (SSSR count). The molecule has 0 atom stereocenters. The van der Waals surface area contributed by atoms with E-state index < -0.39 is 13.3 Å². The van der Waals surface area contributed by atoms with Crippen LogP contribution in [-0.2, 0) is 0 Å². The summed E-state index contributed by atoms with van der Waals surface area (Å²) in [5.74, 6) is 1.39. The molecule has 1 aromatic carbocycles. The first-order valence-electron chi connectivity index (χ1n) is 4.86. The predicted octanol–water partition coefficient (Wildman–Crippen LogP) is 2.39. The standard InChI is InChI=1S/C11H14F2O3/c1-14-9-6-10(15-4-2-12)8-11(7-9)16-5-3-13/h6-8H,2-5H2,1H3. The van der Waals surface area contributed by atoms with E-state index in [4.69, 9.17) is 14.2 Å². The van der Waals surface area contributed by atoms with Crippen molar-refractivity contribution in [2.45, 2.75) is 0 Å². The van der Waals surface area contributed by atoms with Gasteiger partial charge in [-0.3, -0.25) is 0 Å². The number of benzene rings is 1. The molecule has 16 heavy (non-hydrogen) atoms. The Morgan fingerprint density at radius 1 is 0.875 bits per heavy atom. The van der Waals surface area contributed by atoms with E-state index in [0.717, 1.165) is 0 Å². The van der Waals surface area contributed by atoms with Crippen LogP contribution in [0.5, 0.6) is 17.2 Å². The van der Waals surface area contributed by atoms with Crippen molar-refractivity contribution in [2.75, 3.05) is 33.7 Å². The largest absolute Gasteiger partial charge is 0.496 e. The monoisotopic (exact) mass is 232 g/mol. The molecule has 0 amide bonds. The zero-order valence-corrected chi connectivity index (χ0v) is 9.04. The number of halogens is 2. The maximum Gasteiger partial charge on any atom is 0.126 e. The molecule has 0 heterocycles. The molecule has 1 aromatic rings. The Morgan fingerprint density at radius 2 is 1.31 bits per heavy atom. The van der Waals surface area contributed by atoms with Crippen molar-refractivity contribution < 1.29 is 23.0 Å². The Labute approximate surface area is 92.9 Å². The lowest BCUT2D eigenvalue weighted by Gasteiger charge is -2.10. The molecule has 0 aromatic heterocycles. The van der Waals surface area contributed by atoms with E-state index in [0.29, 0.717) is 17.2 Å². The molecule has 90 valence electrons. The van der Waals surface area contributed by atoms with E-state index in [1.165, 1.54) is 7.11 Å². The Kier molecular flexibility index (Phi) is 5.39. The highest BCUT2D eigenvalue weighted by molar-refractivity contribution is 5.42. The first-order chi connectivity index (χ1) is 7.80. The van der Waals surface area contributed by atoms with Crippen LogP contribution < -0.4 is 14.2 Å². The van der Waals surface area contributed by atoms with Gasteiger partial charge in [0.1, 0.15) is 43.8 Å². The van der Waals surface area contributed by atoms with Crippen LogP contribution in [0.2, 0.25) is 0 Å². The first kappa shape index (κ1) is 12.5. The summed E-state index contributed by atoms with van der Waals surface area (Å²) >= 11 is 0. The summed E-state index contributed by atoms with van der Waals surface area (Å²) in [6.45, 7) is -1.21. The van der Waals surface area contributed by atoms with Gasteiger partial charge in [-0.05, 0) is 0 Å². The number of ether oxygens (including phenoxy) is 3. The molecule has 0 N–H and O–H groups in total. The molecule has 0 aliphatic carbocycles. The van der Waals surface area contributed by atoms with Gasteiger partial charge in [-0.15, -0.1) is 0 Å². The van der Waals surface area contributed by atoms with E-state index in [-0.39, 0.29) is 13.2 Å². The van der Waals surface area contributed by atoms with Crippen LogP contribution in [0.4, 0.5) is 8.78 Å². The highest BCUT2D eigenvalue weighted by atomic mass is 19.1. The molecule has 0 saturated carbocycles. The Bertz CT molecular complexity index is 292. The molecular weight excluding hydrogens is 218 g/mol. The Hall–Kier alpha value is -1.52. The van der Waals surface area contributed by atoms with Crippen LogP contribution in [0, 0.1) is 0 Å². The molecular formula is C11H14F2O3. The lowest BCUT2D eigenvalue weighted by atomic mass is 10.3. The second kappa shape index (κ2) is 6.87. The third-order valence-corrected chi connectivity index (χ3v) is 1.78. The molecule has 0 unspecified atom stereocenters. The van der Waals surface area contributed by atoms with E-state index in [1.54, 1.807) is 18.2 Å². The zero-order chi connectivity index (χ0) is 11.8. The number of alkyl halides is 2. The highest BCUT2D eigenvalue weighted by Gasteiger charge is 2.03. The van der Waals surface area contributed by atoms with Gasteiger partial charge < -0.3 is 14.2 Å². The van der Waals surface area contributed by atoms with Gasteiger partial charge in [-0.1, -0.05) is 0 Å². The number of hydrogen-bond acceptors (Lipinski definition) is 3. The number of hydrogen-bond donors (Lipinski definition) is 0. The molecule has 0 fully saturated rings. The third-order valence-electron chi connectivity index (χ3n) is 1.78. The molecule has 0 bridgehead atoms. The lowest BCUT2D eigenvalue weighted by Crippen LogP contribution is -2.02. The third kappa shape index (κ3) is 3.92. The summed E-state index contributed by atoms with van der Waals surface area (Å²) < 4.78 is 39.0. The fraction of sp³-hybridized carbons (Fsp3) is 0.455. The molecule has 0 aliphatic heterocycles. The quantitative estimate of drug-likeness (QED) is 0.722. The van der Waals surface area contributed by atoms with Gasteiger partial charge in [0.15, 0.2) is 0 Å². The van der Waals surface area contributed by atoms with Crippen molar-refractivity contribution in [2.24, 2.45) is 0 Å². The summed E-state index contributed by atoms with van der Waals surface area (Å²) in [4.78, 5) is 0. The summed E-state index contributed by atoms with van der Waals surface area (Å²) in [5.41, 5.74) is 0. The summed E-state index contributed by atoms with van der Waals surface area (Å²) in [5, 5.41) is 0. The van der Waals surface area contributed by atoms with Gasteiger partial charge in [0.25, 0.3) is 0 Å². The van der Waals surface area contributed by atoms with Crippen molar-refractivity contribution in [1.29, 1.82) is 0 Å².